The fourth-order valence-electron chi connectivity index (χ4n) is 1.48. The maximum atomic E-state index is 5.31. The van der Waals surface area contributed by atoms with Crippen LogP contribution >= 0.6 is 11.3 Å². The second-order valence-corrected chi connectivity index (χ2v) is 5.02. The van der Waals surface area contributed by atoms with Gasteiger partial charge in [0.1, 0.15) is 10.8 Å². The van der Waals surface area contributed by atoms with Crippen LogP contribution in [0.5, 0.6) is 0 Å². The first-order valence-electron chi connectivity index (χ1n) is 5.30. The Bertz CT molecular complexity index is 496. The molecule has 2 aromatic rings. The van der Waals surface area contributed by atoms with Crippen molar-refractivity contribution in [1.82, 2.24) is 9.97 Å². The van der Waals surface area contributed by atoms with Crippen molar-refractivity contribution in [3.8, 4) is 0 Å². The van der Waals surface area contributed by atoms with Crippen molar-refractivity contribution in [3.63, 3.8) is 0 Å². The van der Waals surface area contributed by atoms with Gasteiger partial charge in [0.25, 0.3) is 0 Å². The van der Waals surface area contributed by atoms with Gasteiger partial charge in [-0.1, -0.05) is 0 Å². The molecule has 90 valence electrons. The molecule has 0 bridgehead atoms. The zero-order chi connectivity index (χ0) is 12.3. The van der Waals surface area contributed by atoms with E-state index < -0.39 is 0 Å². The number of rotatable bonds is 4. The van der Waals surface area contributed by atoms with Gasteiger partial charge in [0, 0.05) is 29.0 Å². The van der Waals surface area contributed by atoms with Crippen LogP contribution in [0, 0.1) is 6.92 Å². The fraction of sp³-hybridized carbons (Fsp3) is 0.273. The Kier molecular flexibility index (Phi) is 3.55. The van der Waals surface area contributed by atoms with E-state index in [1.165, 1.54) is 4.88 Å². The smallest absolute Gasteiger partial charge is 0.141 e. The van der Waals surface area contributed by atoms with Gasteiger partial charge < -0.3 is 10.7 Å². The standard InChI is InChI=1S/C11H15N5S/c1-7-6-14-11(17-7)8(2)15-9-3-4-13-10(5-9)16-12/h3-6,8H,12H2,1-2H3,(H2,13,15,16). The van der Waals surface area contributed by atoms with Crippen LogP contribution in [-0.2, 0) is 0 Å². The topological polar surface area (TPSA) is 75.9 Å². The lowest BCUT2D eigenvalue weighted by molar-refractivity contribution is 0.869. The van der Waals surface area contributed by atoms with E-state index in [0.29, 0.717) is 5.82 Å². The Morgan fingerprint density at radius 2 is 2.24 bits per heavy atom. The predicted molar refractivity (Wildman–Crippen MR) is 70.9 cm³/mol. The lowest BCUT2D eigenvalue weighted by atomic mass is 10.3. The summed E-state index contributed by atoms with van der Waals surface area (Å²) in [5.74, 6) is 5.95. The third-order valence-electron chi connectivity index (χ3n) is 2.30. The van der Waals surface area contributed by atoms with Gasteiger partial charge >= 0.3 is 0 Å². The Morgan fingerprint density at radius 3 is 2.88 bits per heavy atom. The van der Waals surface area contributed by atoms with Crippen LogP contribution in [0.4, 0.5) is 11.5 Å². The van der Waals surface area contributed by atoms with Crippen LogP contribution in [-0.4, -0.2) is 9.97 Å². The largest absolute Gasteiger partial charge is 0.376 e. The Morgan fingerprint density at radius 1 is 1.41 bits per heavy atom. The van der Waals surface area contributed by atoms with Crippen molar-refractivity contribution in [2.45, 2.75) is 19.9 Å². The molecule has 2 aromatic heterocycles. The number of hydrogen-bond donors (Lipinski definition) is 3. The summed E-state index contributed by atoms with van der Waals surface area (Å²) in [6, 6.07) is 3.93. The number of nitrogens with zero attached hydrogens (tertiary/aromatic N) is 2. The molecule has 2 heterocycles. The van der Waals surface area contributed by atoms with Gasteiger partial charge in [0.05, 0.1) is 6.04 Å². The van der Waals surface area contributed by atoms with Crippen LogP contribution < -0.4 is 16.6 Å². The third-order valence-corrected chi connectivity index (χ3v) is 3.40. The van der Waals surface area contributed by atoms with E-state index in [2.05, 4.69) is 34.6 Å². The lowest BCUT2D eigenvalue weighted by Gasteiger charge is -2.13. The first kappa shape index (κ1) is 11.8. The fourth-order valence-corrected chi connectivity index (χ4v) is 2.26. The van der Waals surface area contributed by atoms with Crippen molar-refractivity contribution < 1.29 is 0 Å². The Labute approximate surface area is 104 Å². The molecular weight excluding hydrogens is 234 g/mol. The minimum atomic E-state index is 0.168. The summed E-state index contributed by atoms with van der Waals surface area (Å²) in [4.78, 5) is 9.62. The number of aromatic nitrogens is 2. The van der Waals surface area contributed by atoms with Gasteiger partial charge in [0.2, 0.25) is 0 Å². The summed E-state index contributed by atoms with van der Waals surface area (Å²) in [7, 11) is 0. The molecule has 6 heteroatoms. The summed E-state index contributed by atoms with van der Waals surface area (Å²) in [6.07, 6.45) is 3.59. The molecule has 4 N–H and O–H groups in total. The molecule has 0 saturated carbocycles. The first-order chi connectivity index (χ1) is 8.19. The van der Waals surface area contributed by atoms with E-state index >= 15 is 0 Å². The predicted octanol–water partition coefficient (Wildman–Crippen LogP) is 2.31. The molecule has 0 aliphatic carbocycles. The van der Waals surface area contributed by atoms with Crippen molar-refractivity contribution in [2.75, 3.05) is 10.7 Å². The number of hydrazine groups is 1. The van der Waals surface area contributed by atoms with E-state index in [-0.39, 0.29) is 6.04 Å². The number of thiazole rings is 1. The molecule has 0 aliphatic heterocycles. The van der Waals surface area contributed by atoms with Crippen molar-refractivity contribution in [1.29, 1.82) is 0 Å². The van der Waals surface area contributed by atoms with E-state index in [4.69, 9.17) is 5.84 Å². The van der Waals surface area contributed by atoms with E-state index in [9.17, 15) is 0 Å². The summed E-state index contributed by atoms with van der Waals surface area (Å²) >= 11 is 1.70. The molecule has 1 unspecified atom stereocenters. The quantitative estimate of drug-likeness (QED) is 0.572. The second-order valence-electron chi connectivity index (χ2n) is 3.75. The number of nitrogen functional groups attached to an aromatic ring is 1. The number of hydrogen-bond acceptors (Lipinski definition) is 6. The Balaban J connectivity index is 2.09. The second kappa shape index (κ2) is 5.11. The summed E-state index contributed by atoms with van der Waals surface area (Å²) < 4.78 is 0. The van der Waals surface area contributed by atoms with Gasteiger partial charge in [-0.05, 0) is 19.9 Å². The molecule has 1 atom stereocenters. The van der Waals surface area contributed by atoms with Crippen molar-refractivity contribution in [3.05, 3.63) is 34.4 Å². The maximum absolute atomic E-state index is 5.31. The van der Waals surface area contributed by atoms with Crippen molar-refractivity contribution in [2.24, 2.45) is 5.84 Å². The molecule has 0 amide bonds. The SMILES string of the molecule is Cc1cnc(C(C)Nc2ccnc(NN)c2)s1. The van der Waals surface area contributed by atoms with E-state index in [1.54, 1.807) is 17.5 Å². The lowest BCUT2D eigenvalue weighted by Crippen LogP contribution is -2.10. The van der Waals surface area contributed by atoms with Crippen LogP contribution in [0.15, 0.2) is 24.5 Å². The molecule has 0 aliphatic rings. The summed E-state index contributed by atoms with van der Waals surface area (Å²) in [5, 5.41) is 4.43. The highest BCUT2D eigenvalue weighted by atomic mass is 32.1. The van der Waals surface area contributed by atoms with Crippen molar-refractivity contribution >= 4 is 22.8 Å². The van der Waals surface area contributed by atoms with Crippen LogP contribution in [0.1, 0.15) is 22.9 Å². The average molecular weight is 249 g/mol. The minimum absolute atomic E-state index is 0.168. The van der Waals surface area contributed by atoms with Gasteiger partial charge in [-0.25, -0.2) is 15.8 Å². The van der Waals surface area contributed by atoms with Crippen LogP contribution in [0.25, 0.3) is 0 Å². The number of aryl methyl sites for hydroxylation is 1. The summed E-state index contributed by atoms with van der Waals surface area (Å²) in [5.41, 5.74) is 3.49. The van der Waals surface area contributed by atoms with Crippen LogP contribution in [0.3, 0.4) is 0 Å². The number of nitrogens with one attached hydrogen (secondary N) is 2. The van der Waals surface area contributed by atoms with Gasteiger partial charge in [0.15, 0.2) is 0 Å². The summed E-state index contributed by atoms with van der Waals surface area (Å²) in [6.45, 7) is 4.13. The van der Waals surface area contributed by atoms with Gasteiger partial charge in [-0.3, -0.25) is 0 Å². The first-order valence-corrected chi connectivity index (χ1v) is 6.12. The van der Waals surface area contributed by atoms with Crippen LogP contribution in [0.2, 0.25) is 0 Å². The molecule has 0 spiro atoms. The zero-order valence-corrected chi connectivity index (χ0v) is 10.6. The molecule has 17 heavy (non-hydrogen) atoms. The Hall–Kier alpha value is -1.66. The highest BCUT2D eigenvalue weighted by Crippen LogP contribution is 2.23. The number of pyridine rings is 1. The molecule has 0 radical (unpaired) electrons. The van der Waals surface area contributed by atoms with Gasteiger partial charge in [-0.15, -0.1) is 11.3 Å². The molecule has 0 saturated heterocycles. The molecule has 0 aromatic carbocycles. The normalized spacial score (nSPS) is 12.2. The maximum Gasteiger partial charge on any atom is 0.141 e. The molecule has 0 fully saturated rings. The molecular formula is C11H15N5S. The number of nitrogens with two attached hydrogens (primary N) is 1. The zero-order valence-electron chi connectivity index (χ0n) is 9.77. The molecule has 2 rings (SSSR count). The van der Waals surface area contributed by atoms with E-state index in [1.807, 2.05) is 18.3 Å². The van der Waals surface area contributed by atoms with E-state index in [0.717, 1.165) is 10.7 Å². The molecule has 5 nitrogen and oxygen atoms in total. The van der Waals surface area contributed by atoms with Gasteiger partial charge in [-0.2, -0.15) is 0 Å². The third kappa shape index (κ3) is 2.92. The highest BCUT2D eigenvalue weighted by molar-refractivity contribution is 7.11. The monoisotopic (exact) mass is 249 g/mol. The minimum Gasteiger partial charge on any atom is -0.376 e. The average Bonchev–Trinajstić information content (AvgIpc) is 2.76. The highest BCUT2D eigenvalue weighted by Gasteiger charge is 2.09. The number of anilines is 2.